The van der Waals surface area contributed by atoms with Gasteiger partial charge < -0.3 is 24.6 Å². The molecule has 9 heteroatoms. The van der Waals surface area contributed by atoms with Crippen LogP contribution in [0.4, 0.5) is 5.82 Å². The number of nitrogens with one attached hydrogen (secondary N) is 1. The number of aliphatic hydroxyl groups is 1. The van der Waals surface area contributed by atoms with E-state index in [0.29, 0.717) is 30.2 Å². The molecule has 35 heavy (non-hydrogen) atoms. The molecule has 2 aliphatic rings. The molecule has 0 radical (unpaired) electrons. The highest BCUT2D eigenvalue weighted by atomic mass is 16.5. The third-order valence-electron chi connectivity index (χ3n) is 7.15. The normalized spacial score (nSPS) is 20.6. The average Bonchev–Trinajstić information content (AvgIpc) is 3.52. The fraction of sp³-hybridized carbons (Fsp3) is 0.500. The number of fused-ring (bicyclic) bond motifs is 2. The second kappa shape index (κ2) is 9.56. The first-order chi connectivity index (χ1) is 16.9. The Bertz CT molecular complexity index is 1190. The van der Waals surface area contributed by atoms with Gasteiger partial charge in [0.1, 0.15) is 30.0 Å². The SMILES string of the molecule is CNCC(O)COc1cccc(-c2nc(-c3c(C)noc3C)c(C)c(N3C[C@@H]4C[C@H]3CN4C)n2)c1. The zero-order valence-corrected chi connectivity index (χ0v) is 21.1. The smallest absolute Gasteiger partial charge is 0.162 e. The number of aryl methyl sites for hydroxylation is 2. The molecule has 2 fully saturated rings. The number of nitrogens with zero attached hydrogens (tertiary/aromatic N) is 5. The summed E-state index contributed by atoms with van der Waals surface area (Å²) in [6.07, 6.45) is 0.578. The van der Waals surface area contributed by atoms with Crippen LogP contribution in [0.2, 0.25) is 0 Å². The highest BCUT2D eigenvalue weighted by molar-refractivity contribution is 5.75. The monoisotopic (exact) mass is 478 g/mol. The third-order valence-corrected chi connectivity index (χ3v) is 7.15. The van der Waals surface area contributed by atoms with E-state index in [2.05, 4.69) is 34.2 Å². The Morgan fingerprint density at radius 3 is 2.69 bits per heavy atom. The zero-order valence-electron chi connectivity index (χ0n) is 21.1. The lowest BCUT2D eigenvalue weighted by atomic mass is 10.0. The quantitative estimate of drug-likeness (QED) is 0.506. The van der Waals surface area contributed by atoms with Crippen LogP contribution in [0.25, 0.3) is 22.6 Å². The summed E-state index contributed by atoms with van der Waals surface area (Å²) in [5.41, 5.74) is 4.51. The highest BCUT2D eigenvalue weighted by Gasteiger charge is 2.43. The molecular formula is C26H34N6O3. The number of hydrogen-bond donors (Lipinski definition) is 2. The van der Waals surface area contributed by atoms with Gasteiger partial charge in [0.15, 0.2) is 5.82 Å². The second-order valence-electron chi connectivity index (χ2n) is 9.73. The minimum absolute atomic E-state index is 0.207. The van der Waals surface area contributed by atoms with Gasteiger partial charge in [-0.1, -0.05) is 17.3 Å². The van der Waals surface area contributed by atoms with Crippen molar-refractivity contribution in [2.75, 3.05) is 45.2 Å². The van der Waals surface area contributed by atoms with E-state index in [-0.39, 0.29) is 6.61 Å². The van der Waals surface area contributed by atoms with Crippen LogP contribution >= 0.6 is 0 Å². The number of aliphatic hydroxyl groups excluding tert-OH is 1. The lowest BCUT2D eigenvalue weighted by molar-refractivity contribution is 0.108. The molecule has 1 aromatic carbocycles. The Labute approximate surface area is 206 Å². The molecule has 2 bridgehead atoms. The average molecular weight is 479 g/mol. The Morgan fingerprint density at radius 1 is 1.20 bits per heavy atom. The Balaban J connectivity index is 1.55. The van der Waals surface area contributed by atoms with Crippen molar-refractivity contribution < 1.29 is 14.4 Å². The Hall–Kier alpha value is -3.01. The summed E-state index contributed by atoms with van der Waals surface area (Å²) in [5.74, 6) is 3.03. The molecule has 1 unspecified atom stereocenters. The molecule has 186 valence electrons. The van der Waals surface area contributed by atoms with Crippen molar-refractivity contribution in [2.45, 2.75) is 45.4 Å². The number of benzene rings is 1. The van der Waals surface area contributed by atoms with E-state index in [0.717, 1.165) is 59.2 Å². The van der Waals surface area contributed by atoms with Gasteiger partial charge in [0.05, 0.1) is 17.0 Å². The van der Waals surface area contributed by atoms with Gasteiger partial charge in [0.2, 0.25) is 0 Å². The van der Waals surface area contributed by atoms with Gasteiger partial charge in [-0.05, 0) is 53.4 Å². The van der Waals surface area contributed by atoms with Gasteiger partial charge in [-0.25, -0.2) is 9.97 Å². The first kappa shape index (κ1) is 23.7. The van der Waals surface area contributed by atoms with Gasteiger partial charge in [-0.15, -0.1) is 0 Å². The van der Waals surface area contributed by atoms with Crippen LogP contribution in [0.15, 0.2) is 28.8 Å². The summed E-state index contributed by atoms with van der Waals surface area (Å²) in [5, 5.41) is 17.1. The molecule has 9 nitrogen and oxygen atoms in total. The first-order valence-corrected chi connectivity index (χ1v) is 12.2. The minimum atomic E-state index is -0.583. The summed E-state index contributed by atoms with van der Waals surface area (Å²) >= 11 is 0. The molecule has 3 aromatic rings. The molecule has 2 saturated heterocycles. The lowest BCUT2D eigenvalue weighted by Crippen LogP contribution is -2.45. The summed E-state index contributed by atoms with van der Waals surface area (Å²) in [6.45, 7) is 8.66. The van der Waals surface area contributed by atoms with Crippen molar-refractivity contribution >= 4 is 5.82 Å². The molecule has 2 aliphatic heterocycles. The predicted molar refractivity (Wildman–Crippen MR) is 135 cm³/mol. The maximum absolute atomic E-state index is 10.0. The summed E-state index contributed by atoms with van der Waals surface area (Å²) < 4.78 is 11.3. The van der Waals surface area contributed by atoms with E-state index in [1.807, 2.05) is 38.1 Å². The van der Waals surface area contributed by atoms with Crippen molar-refractivity contribution in [3.63, 3.8) is 0 Å². The standard InChI is InChI=1S/C26H34N6O3/c1-15-24(23-16(2)30-35-17(23)3)28-25(29-26(15)32-13-19-10-20(32)12-31(19)5)18-7-6-8-22(9-18)34-14-21(33)11-27-4/h6-9,19-21,27,33H,10-14H2,1-5H3/t19-,20-,21?/m0/s1. The first-order valence-electron chi connectivity index (χ1n) is 12.2. The fourth-order valence-electron chi connectivity index (χ4n) is 5.32. The van der Waals surface area contributed by atoms with E-state index < -0.39 is 6.10 Å². The number of piperazine rings is 1. The number of rotatable bonds is 8. The van der Waals surface area contributed by atoms with Gasteiger partial charge in [-0.2, -0.15) is 0 Å². The van der Waals surface area contributed by atoms with Crippen LogP contribution in [0.3, 0.4) is 0 Å². The van der Waals surface area contributed by atoms with E-state index in [1.54, 1.807) is 7.05 Å². The molecule has 0 amide bonds. The summed E-state index contributed by atoms with van der Waals surface area (Å²) in [7, 11) is 4.01. The molecule has 0 saturated carbocycles. The van der Waals surface area contributed by atoms with Crippen molar-refractivity contribution in [3.05, 3.63) is 41.3 Å². The van der Waals surface area contributed by atoms with Gasteiger partial charge in [0, 0.05) is 42.8 Å². The number of ether oxygens (including phenoxy) is 1. The number of likely N-dealkylation sites (tertiary alicyclic amines) is 1. The molecule has 2 aromatic heterocycles. The minimum Gasteiger partial charge on any atom is -0.491 e. The van der Waals surface area contributed by atoms with Crippen LogP contribution in [0, 0.1) is 20.8 Å². The van der Waals surface area contributed by atoms with E-state index >= 15 is 0 Å². The lowest BCUT2D eigenvalue weighted by Gasteiger charge is -2.34. The maximum Gasteiger partial charge on any atom is 0.162 e. The van der Waals surface area contributed by atoms with E-state index in [4.69, 9.17) is 19.2 Å². The van der Waals surface area contributed by atoms with Crippen LogP contribution in [-0.2, 0) is 0 Å². The predicted octanol–water partition coefficient (Wildman–Crippen LogP) is 2.58. The zero-order chi connectivity index (χ0) is 24.7. The Morgan fingerprint density at radius 2 is 2.03 bits per heavy atom. The summed E-state index contributed by atoms with van der Waals surface area (Å²) in [6, 6.07) is 8.75. The highest BCUT2D eigenvalue weighted by Crippen LogP contribution is 2.39. The van der Waals surface area contributed by atoms with E-state index in [9.17, 15) is 5.11 Å². The van der Waals surface area contributed by atoms with Crippen molar-refractivity contribution in [3.8, 4) is 28.4 Å². The topological polar surface area (TPSA) is 99.8 Å². The number of aromatic nitrogens is 3. The second-order valence-corrected chi connectivity index (χ2v) is 9.73. The molecule has 0 spiro atoms. The van der Waals surface area contributed by atoms with Gasteiger partial charge in [-0.3, -0.25) is 4.90 Å². The van der Waals surface area contributed by atoms with Crippen molar-refractivity contribution in [1.82, 2.24) is 25.3 Å². The molecule has 4 heterocycles. The molecule has 3 atom stereocenters. The number of anilines is 1. The molecule has 0 aliphatic carbocycles. The molecule has 2 N–H and O–H groups in total. The largest absolute Gasteiger partial charge is 0.491 e. The molecular weight excluding hydrogens is 444 g/mol. The van der Waals surface area contributed by atoms with Crippen LogP contribution < -0.4 is 15.0 Å². The van der Waals surface area contributed by atoms with Crippen molar-refractivity contribution in [1.29, 1.82) is 0 Å². The third kappa shape index (κ3) is 4.51. The van der Waals surface area contributed by atoms with Crippen molar-refractivity contribution in [2.24, 2.45) is 0 Å². The van der Waals surface area contributed by atoms with Crippen LogP contribution in [-0.4, -0.2) is 83.7 Å². The van der Waals surface area contributed by atoms with Crippen LogP contribution in [0.5, 0.6) is 5.75 Å². The van der Waals surface area contributed by atoms with Gasteiger partial charge >= 0.3 is 0 Å². The van der Waals surface area contributed by atoms with E-state index in [1.165, 1.54) is 0 Å². The maximum atomic E-state index is 10.0. The number of likely N-dealkylation sites (N-methyl/N-ethyl adjacent to an activating group) is 2. The number of hydrogen-bond acceptors (Lipinski definition) is 9. The fourth-order valence-corrected chi connectivity index (χ4v) is 5.32. The van der Waals surface area contributed by atoms with Crippen LogP contribution in [0.1, 0.15) is 23.4 Å². The molecule has 5 rings (SSSR count). The van der Waals surface area contributed by atoms with Gasteiger partial charge in [0.25, 0.3) is 0 Å². The Kier molecular flexibility index (Phi) is 6.48. The summed E-state index contributed by atoms with van der Waals surface area (Å²) in [4.78, 5) is 15.0.